The molecular weight excluding hydrogens is 332 g/mol. The average molecular weight is 341 g/mol. The van der Waals surface area contributed by atoms with Crippen molar-refractivity contribution in [3.8, 4) is 0 Å². The Labute approximate surface area is 133 Å². The Bertz CT molecular complexity index is 857. The molecule has 7 heteroatoms. The highest BCUT2D eigenvalue weighted by Crippen LogP contribution is 2.34. The van der Waals surface area contributed by atoms with Crippen molar-refractivity contribution >= 4 is 33.9 Å². The van der Waals surface area contributed by atoms with Crippen LogP contribution in [-0.2, 0) is 6.18 Å². The molecule has 0 fully saturated rings. The van der Waals surface area contributed by atoms with Gasteiger partial charge in [-0.2, -0.15) is 13.2 Å². The number of aromatic nitrogens is 1. The van der Waals surface area contributed by atoms with Gasteiger partial charge in [-0.25, -0.2) is 4.39 Å². The Morgan fingerprint density at radius 3 is 2.48 bits per heavy atom. The first-order valence-electron chi connectivity index (χ1n) is 6.52. The third-order valence-corrected chi connectivity index (χ3v) is 3.43. The summed E-state index contributed by atoms with van der Waals surface area (Å²) in [6.45, 7) is 0. The number of hydrogen-bond acceptors (Lipinski definition) is 2. The van der Waals surface area contributed by atoms with E-state index in [-0.39, 0.29) is 10.4 Å². The fourth-order valence-electron chi connectivity index (χ4n) is 2.21. The summed E-state index contributed by atoms with van der Waals surface area (Å²) in [4.78, 5) is 4.03. The monoisotopic (exact) mass is 340 g/mol. The van der Waals surface area contributed by atoms with Gasteiger partial charge in [0.05, 0.1) is 11.1 Å². The third kappa shape index (κ3) is 3.37. The molecule has 0 spiro atoms. The SMILES string of the molecule is Fc1cc(Cl)cc(Nc2ccnc3ccc(C(F)(F)F)cc23)c1. The minimum atomic E-state index is -4.45. The van der Waals surface area contributed by atoms with E-state index in [1.165, 1.54) is 30.5 Å². The highest BCUT2D eigenvalue weighted by Gasteiger charge is 2.30. The van der Waals surface area contributed by atoms with Crippen molar-refractivity contribution in [1.82, 2.24) is 4.98 Å². The normalized spacial score (nSPS) is 11.7. The van der Waals surface area contributed by atoms with Gasteiger partial charge in [0.15, 0.2) is 0 Å². The van der Waals surface area contributed by atoms with Gasteiger partial charge in [0, 0.05) is 28.0 Å². The maximum atomic E-state index is 13.4. The van der Waals surface area contributed by atoms with Gasteiger partial charge in [-0.05, 0) is 42.5 Å². The number of hydrogen-bond donors (Lipinski definition) is 1. The zero-order valence-electron chi connectivity index (χ0n) is 11.5. The minimum Gasteiger partial charge on any atom is -0.355 e. The van der Waals surface area contributed by atoms with E-state index < -0.39 is 17.6 Å². The zero-order valence-corrected chi connectivity index (χ0v) is 12.2. The molecule has 2 aromatic carbocycles. The number of nitrogens with one attached hydrogen (secondary N) is 1. The van der Waals surface area contributed by atoms with Crippen LogP contribution in [-0.4, -0.2) is 4.98 Å². The number of rotatable bonds is 2. The molecule has 0 saturated carbocycles. The smallest absolute Gasteiger partial charge is 0.355 e. The van der Waals surface area contributed by atoms with Crippen molar-refractivity contribution in [1.29, 1.82) is 0 Å². The molecule has 3 rings (SSSR count). The molecule has 1 heterocycles. The molecule has 0 aliphatic heterocycles. The van der Waals surface area contributed by atoms with Crippen LogP contribution in [0.5, 0.6) is 0 Å². The molecule has 2 nitrogen and oxygen atoms in total. The molecule has 0 aliphatic carbocycles. The molecule has 23 heavy (non-hydrogen) atoms. The van der Waals surface area contributed by atoms with Gasteiger partial charge >= 0.3 is 6.18 Å². The van der Waals surface area contributed by atoms with E-state index >= 15 is 0 Å². The molecule has 0 unspecified atom stereocenters. The molecule has 0 saturated heterocycles. The quantitative estimate of drug-likeness (QED) is 0.597. The van der Waals surface area contributed by atoms with E-state index in [4.69, 9.17) is 11.6 Å². The molecule has 3 aromatic rings. The second kappa shape index (κ2) is 5.70. The van der Waals surface area contributed by atoms with Crippen LogP contribution in [0, 0.1) is 5.82 Å². The first-order valence-corrected chi connectivity index (χ1v) is 6.90. The van der Waals surface area contributed by atoms with E-state index in [9.17, 15) is 17.6 Å². The van der Waals surface area contributed by atoms with Gasteiger partial charge in [0.25, 0.3) is 0 Å². The molecule has 1 aromatic heterocycles. The highest BCUT2D eigenvalue weighted by molar-refractivity contribution is 6.30. The lowest BCUT2D eigenvalue weighted by Gasteiger charge is -2.12. The second-order valence-corrected chi connectivity index (χ2v) is 5.31. The first-order chi connectivity index (χ1) is 10.8. The van der Waals surface area contributed by atoms with Crippen LogP contribution in [0.15, 0.2) is 48.7 Å². The van der Waals surface area contributed by atoms with Crippen molar-refractivity contribution < 1.29 is 17.6 Å². The number of anilines is 2. The molecule has 0 radical (unpaired) electrons. The maximum Gasteiger partial charge on any atom is 0.416 e. The standard InChI is InChI=1S/C16H9ClF4N2/c17-10-6-11(18)8-12(7-10)23-15-3-4-22-14-2-1-9(5-13(14)15)16(19,20)21/h1-8H,(H,22,23). The van der Waals surface area contributed by atoms with Crippen molar-refractivity contribution in [2.24, 2.45) is 0 Å². The van der Waals surface area contributed by atoms with Gasteiger partial charge in [-0.15, -0.1) is 0 Å². The van der Waals surface area contributed by atoms with Crippen LogP contribution in [0.25, 0.3) is 10.9 Å². The lowest BCUT2D eigenvalue weighted by Crippen LogP contribution is -2.05. The molecule has 0 bridgehead atoms. The van der Waals surface area contributed by atoms with Gasteiger partial charge in [-0.1, -0.05) is 11.6 Å². The van der Waals surface area contributed by atoms with Crippen LogP contribution in [0.2, 0.25) is 5.02 Å². The molecule has 0 aliphatic rings. The predicted octanol–water partition coefficient (Wildman–Crippen LogP) is 5.79. The van der Waals surface area contributed by atoms with E-state index in [1.54, 1.807) is 0 Å². The molecule has 1 N–H and O–H groups in total. The number of nitrogens with zero attached hydrogens (tertiary/aromatic N) is 1. The lowest BCUT2D eigenvalue weighted by atomic mass is 10.1. The lowest BCUT2D eigenvalue weighted by molar-refractivity contribution is -0.137. The summed E-state index contributed by atoms with van der Waals surface area (Å²) in [5, 5.41) is 3.34. The van der Waals surface area contributed by atoms with E-state index in [2.05, 4.69) is 10.3 Å². The number of pyridine rings is 1. The summed E-state index contributed by atoms with van der Waals surface area (Å²) in [6, 6.07) is 8.60. The summed E-state index contributed by atoms with van der Waals surface area (Å²) in [5.41, 5.74) is 0.325. The summed E-state index contributed by atoms with van der Waals surface area (Å²) < 4.78 is 52.0. The predicted molar refractivity (Wildman–Crippen MR) is 81.4 cm³/mol. The van der Waals surface area contributed by atoms with E-state index in [1.807, 2.05) is 0 Å². The van der Waals surface area contributed by atoms with Crippen molar-refractivity contribution in [3.05, 3.63) is 65.1 Å². The zero-order chi connectivity index (χ0) is 16.6. The average Bonchev–Trinajstić information content (AvgIpc) is 2.45. The molecule has 118 valence electrons. The van der Waals surface area contributed by atoms with Gasteiger partial charge in [-0.3, -0.25) is 4.98 Å². The Morgan fingerprint density at radius 1 is 1.00 bits per heavy atom. The molecule has 0 atom stereocenters. The summed E-state index contributed by atoms with van der Waals surface area (Å²) >= 11 is 5.78. The Kier molecular flexibility index (Phi) is 3.85. The van der Waals surface area contributed by atoms with Gasteiger partial charge < -0.3 is 5.32 Å². The van der Waals surface area contributed by atoms with Gasteiger partial charge in [0.1, 0.15) is 5.82 Å². The number of fused-ring (bicyclic) bond motifs is 1. The van der Waals surface area contributed by atoms with Crippen molar-refractivity contribution in [3.63, 3.8) is 0 Å². The van der Waals surface area contributed by atoms with Crippen LogP contribution in [0.4, 0.5) is 28.9 Å². The number of benzene rings is 2. The molecular formula is C16H9ClF4N2. The van der Waals surface area contributed by atoms with Gasteiger partial charge in [0.2, 0.25) is 0 Å². The Hall–Kier alpha value is -2.34. The van der Waals surface area contributed by atoms with E-state index in [0.29, 0.717) is 16.9 Å². The van der Waals surface area contributed by atoms with Crippen LogP contribution in [0.3, 0.4) is 0 Å². The summed E-state index contributed by atoms with van der Waals surface area (Å²) in [7, 11) is 0. The summed E-state index contributed by atoms with van der Waals surface area (Å²) in [6.07, 6.45) is -3.00. The van der Waals surface area contributed by atoms with Crippen molar-refractivity contribution in [2.75, 3.05) is 5.32 Å². The van der Waals surface area contributed by atoms with E-state index in [0.717, 1.165) is 18.2 Å². The van der Waals surface area contributed by atoms with Crippen molar-refractivity contribution in [2.45, 2.75) is 6.18 Å². The topological polar surface area (TPSA) is 24.9 Å². The highest BCUT2D eigenvalue weighted by atomic mass is 35.5. The summed E-state index contributed by atoms with van der Waals surface area (Å²) in [5.74, 6) is -0.547. The molecule has 0 amide bonds. The fourth-order valence-corrected chi connectivity index (χ4v) is 2.43. The largest absolute Gasteiger partial charge is 0.416 e. The number of alkyl halides is 3. The third-order valence-electron chi connectivity index (χ3n) is 3.21. The Balaban J connectivity index is 2.09. The second-order valence-electron chi connectivity index (χ2n) is 4.87. The number of halogens is 5. The fraction of sp³-hybridized carbons (Fsp3) is 0.0625. The van der Waals surface area contributed by atoms with Crippen LogP contribution in [0.1, 0.15) is 5.56 Å². The Morgan fingerprint density at radius 2 is 1.78 bits per heavy atom. The van der Waals surface area contributed by atoms with Crippen LogP contribution >= 0.6 is 11.6 Å². The van der Waals surface area contributed by atoms with Crippen LogP contribution < -0.4 is 5.32 Å². The first kappa shape index (κ1) is 15.6. The minimum absolute atomic E-state index is 0.182. The maximum absolute atomic E-state index is 13.4.